The van der Waals surface area contributed by atoms with Crippen molar-refractivity contribution in [2.24, 2.45) is 14.1 Å². The molecule has 0 saturated carbocycles. The van der Waals surface area contributed by atoms with Crippen LogP contribution in [0.5, 0.6) is 0 Å². The van der Waals surface area contributed by atoms with Gasteiger partial charge in [-0.2, -0.15) is 0 Å². The Kier molecular flexibility index (Phi) is 2.71. The number of carbonyl (C=O) groups excluding carboxylic acids is 1. The Bertz CT molecular complexity index is 826. The van der Waals surface area contributed by atoms with Gasteiger partial charge >= 0.3 is 0 Å². The van der Waals surface area contributed by atoms with E-state index in [4.69, 9.17) is 0 Å². The van der Waals surface area contributed by atoms with Gasteiger partial charge in [0.25, 0.3) is 0 Å². The summed E-state index contributed by atoms with van der Waals surface area (Å²) in [5.41, 5.74) is 4.22. The van der Waals surface area contributed by atoms with Crippen molar-refractivity contribution in [1.29, 1.82) is 0 Å². The largest absolute Gasteiger partial charge is 0.331 e. The molecule has 0 aliphatic rings. The molecule has 0 amide bonds. The average molecular weight is 268 g/mol. The lowest BCUT2D eigenvalue weighted by atomic mass is 10.1. The molecule has 0 saturated heterocycles. The Hall–Kier alpha value is -2.43. The van der Waals surface area contributed by atoms with Crippen LogP contribution in [0.1, 0.15) is 22.1 Å². The third-order valence-corrected chi connectivity index (χ3v) is 3.85. The van der Waals surface area contributed by atoms with E-state index in [-0.39, 0.29) is 0 Å². The van der Waals surface area contributed by atoms with Crippen LogP contribution < -0.4 is 0 Å². The Morgan fingerprint density at radius 1 is 1.05 bits per heavy atom. The molecule has 5 nitrogen and oxygen atoms in total. The number of nitrogens with zero attached hydrogens (tertiary/aromatic N) is 4. The zero-order valence-corrected chi connectivity index (χ0v) is 12.0. The maximum Gasteiger partial charge on any atom is 0.168 e. The van der Waals surface area contributed by atoms with Gasteiger partial charge in [0.2, 0.25) is 0 Å². The predicted molar refractivity (Wildman–Crippen MR) is 77.8 cm³/mol. The van der Waals surface area contributed by atoms with Crippen LogP contribution in [-0.4, -0.2) is 25.4 Å². The van der Waals surface area contributed by atoms with E-state index in [9.17, 15) is 4.79 Å². The minimum absolute atomic E-state index is 0.592. The summed E-state index contributed by atoms with van der Waals surface area (Å²) >= 11 is 0. The lowest BCUT2D eigenvalue weighted by Gasteiger charge is -2.01. The van der Waals surface area contributed by atoms with Gasteiger partial charge in [-0.1, -0.05) is 6.07 Å². The number of hydrogen-bond donors (Lipinski definition) is 0. The Morgan fingerprint density at radius 2 is 1.75 bits per heavy atom. The molecule has 0 aliphatic carbocycles. The monoisotopic (exact) mass is 268 g/mol. The maximum absolute atomic E-state index is 11.3. The molecule has 2 aromatic heterocycles. The third kappa shape index (κ3) is 1.66. The number of aldehydes is 1. The van der Waals surface area contributed by atoms with Gasteiger partial charge < -0.3 is 9.13 Å². The first kappa shape index (κ1) is 12.6. The normalized spacial score (nSPS) is 11.2. The van der Waals surface area contributed by atoms with Crippen LogP contribution in [0, 0.1) is 13.8 Å². The van der Waals surface area contributed by atoms with Crippen molar-refractivity contribution in [3.8, 4) is 11.3 Å². The van der Waals surface area contributed by atoms with Crippen molar-refractivity contribution in [3.63, 3.8) is 0 Å². The number of imidazole rings is 2. The first-order valence-electron chi connectivity index (χ1n) is 6.45. The lowest BCUT2D eigenvalue weighted by Crippen LogP contribution is -1.97. The molecular weight excluding hydrogens is 252 g/mol. The van der Waals surface area contributed by atoms with Crippen LogP contribution in [0.3, 0.4) is 0 Å². The predicted octanol–water partition coefficient (Wildman–Crippen LogP) is 2.40. The van der Waals surface area contributed by atoms with E-state index in [0.29, 0.717) is 11.4 Å². The van der Waals surface area contributed by atoms with Crippen molar-refractivity contribution >= 4 is 17.3 Å². The van der Waals surface area contributed by atoms with Crippen LogP contribution in [0.2, 0.25) is 0 Å². The summed E-state index contributed by atoms with van der Waals surface area (Å²) in [6, 6.07) is 5.98. The molecule has 0 aliphatic heterocycles. The molecule has 0 fully saturated rings. The lowest BCUT2D eigenvalue weighted by molar-refractivity contribution is 0.111. The van der Waals surface area contributed by atoms with E-state index in [1.807, 2.05) is 50.7 Å². The van der Waals surface area contributed by atoms with Crippen LogP contribution in [0.15, 0.2) is 18.2 Å². The summed E-state index contributed by atoms with van der Waals surface area (Å²) in [5.74, 6) is 1.78. The highest BCUT2D eigenvalue weighted by Crippen LogP contribution is 2.26. The minimum atomic E-state index is 0.592. The number of aryl methyl sites for hydroxylation is 3. The van der Waals surface area contributed by atoms with E-state index in [1.54, 1.807) is 4.57 Å². The highest BCUT2D eigenvalue weighted by atomic mass is 16.1. The SMILES string of the molecule is Cc1nc(-c2ccc3c(c2)nc(C)n3C)c(C=O)n1C. The zero-order valence-electron chi connectivity index (χ0n) is 12.0. The highest BCUT2D eigenvalue weighted by molar-refractivity contribution is 5.88. The number of benzene rings is 1. The molecule has 0 radical (unpaired) electrons. The first-order chi connectivity index (χ1) is 9.52. The Balaban J connectivity index is 2.25. The van der Waals surface area contributed by atoms with E-state index < -0.39 is 0 Å². The van der Waals surface area contributed by atoms with Gasteiger partial charge in [0.05, 0.1) is 16.7 Å². The second-order valence-corrected chi connectivity index (χ2v) is 4.99. The summed E-state index contributed by atoms with van der Waals surface area (Å²) in [6.07, 6.45) is 0.850. The van der Waals surface area contributed by atoms with Gasteiger partial charge in [0, 0.05) is 19.7 Å². The number of hydrogen-bond acceptors (Lipinski definition) is 3. The van der Waals surface area contributed by atoms with E-state index >= 15 is 0 Å². The number of rotatable bonds is 2. The van der Waals surface area contributed by atoms with Gasteiger partial charge in [-0.05, 0) is 26.0 Å². The van der Waals surface area contributed by atoms with E-state index in [2.05, 4.69) is 9.97 Å². The van der Waals surface area contributed by atoms with Crippen LogP contribution in [0.4, 0.5) is 0 Å². The van der Waals surface area contributed by atoms with Crippen molar-refractivity contribution < 1.29 is 4.79 Å². The topological polar surface area (TPSA) is 52.7 Å². The van der Waals surface area contributed by atoms with Gasteiger partial charge in [-0.25, -0.2) is 9.97 Å². The molecule has 1 aromatic carbocycles. The molecule has 0 bridgehead atoms. The standard InChI is InChI=1S/C15H16N4O/c1-9-16-12-7-11(5-6-13(12)18(9)3)15-14(8-20)19(4)10(2)17-15/h5-8H,1-4H3. The first-order valence-corrected chi connectivity index (χ1v) is 6.45. The molecule has 5 heteroatoms. The van der Waals surface area contributed by atoms with Crippen molar-refractivity contribution in [3.05, 3.63) is 35.5 Å². The molecular formula is C15H16N4O. The molecule has 2 heterocycles. The quantitative estimate of drug-likeness (QED) is 0.671. The second kappa shape index (κ2) is 4.30. The fraction of sp³-hybridized carbons (Fsp3) is 0.267. The Morgan fingerprint density at radius 3 is 2.45 bits per heavy atom. The number of fused-ring (bicyclic) bond motifs is 1. The van der Waals surface area contributed by atoms with Crippen molar-refractivity contribution in [1.82, 2.24) is 19.1 Å². The van der Waals surface area contributed by atoms with E-state index in [1.165, 1.54) is 0 Å². The molecule has 102 valence electrons. The molecule has 0 N–H and O–H groups in total. The van der Waals surface area contributed by atoms with Gasteiger partial charge in [-0.3, -0.25) is 4.79 Å². The summed E-state index contributed by atoms with van der Waals surface area (Å²) < 4.78 is 3.85. The fourth-order valence-corrected chi connectivity index (χ4v) is 2.44. The summed E-state index contributed by atoms with van der Waals surface area (Å²) in [5, 5.41) is 0. The van der Waals surface area contributed by atoms with Crippen molar-refractivity contribution in [2.45, 2.75) is 13.8 Å². The van der Waals surface area contributed by atoms with Gasteiger partial charge in [0.15, 0.2) is 6.29 Å². The minimum Gasteiger partial charge on any atom is -0.331 e. The fourth-order valence-electron chi connectivity index (χ4n) is 2.44. The molecule has 3 rings (SSSR count). The molecule has 0 unspecified atom stereocenters. The second-order valence-electron chi connectivity index (χ2n) is 4.99. The van der Waals surface area contributed by atoms with Crippen LogP contribution in [0.25, 0.3) is 22.3 Å². The smallest absolute Gasteiger partial charge is 0.168 e. The summed E-state index contributed by atoms with van der Waals surface area (Å²) in [6.45, 7) is 3.86. The maximum atomic E-state index is 11.3. The zero-order chi connectivity index (χ0) is 14.4. The van der Waals surface area contributed by atoms with Crippen LogP contribution in [-0.2, 0) is 14.1 Å². The number of aromatic nitrogens is 4. The average Bonchev–Trinajstić information content (AvgIpc) is 2.88. The van der Waals surface area contributed by atoms with E-state index in [0.717, 1.165) is 34.5 Å². The summed E-state index contributed by atoms with van der Waals surface area (Å²) in [7, 11) is 3.84. The molecule has 0 spiro atoms. The number of carbonyl (C=O) groups is 1. The molecule has 0 atom stereocenters. The van der Waals surface area contributed by atoms with Crippen molar-refractivity contribution in [2.75, 3.05) is 0 Å². The Labute approximate surface area is 116 Å². The molecule has 3 aromatic rings. The van der Waals surface area contributed by atoms with Gasteiger partial charge in [-0.15, -0.1) is 0 Å². The highest BCUT2D eigenvalue weighted by Gasteiger charge is 2.14. The molecule has 20 heavy (non-hydrogen) atoms. The third-order valence-electron chi connectivity index (χ3n) is 3.85. The summed E-state index contributed by atoms with van der Waals surface area (Å²) in [4.78, 5) is 20.3. The van der Waals surface area contributed by atoms with Gasteiger partial charge in [0.1, 0.15) is 17.3 Å². The van der Waals surface area contributed by atoms with Crippen LogP contribution >= 0.6 is 0 Å².